The van der Waals surface area contributed by atoms with Crippen LogP contribution in [0, 0.1) is 5.82 Å². The highest BCUT2D eigenvalue weighted by Gasteiger charge is 2.46. The van der Waals surface area contributed by atoms with E-state index in [-0.39, 0.29) is 29.7 Å². The standard InChI is InChI=1S/C26H26FN3O6S/c27-17-1-4-20(5-2-17)37(33,34)30-18-3-6-23-21(11-18)22-12-19(35-24(15-31)26(22)36-23)13-25(32)29-14-16-7-9-28-10-8-16/h1-11,19,22,24,26,30-31H,12-15H2,(H,29,32)/t19-,22+,24+,26-/m1/s1. The first kappa shape index (κ1) is 25.1. The van der Waals surface area contributed by atoms with Crippen molar-refractivity contribution in [2.45, 2.75) is 48.5 Å². The molecule has 11 heteroatoms. The zero-order valence-electron chi connectivity index (χ0n) is 19.7. The molecular formula is C26H26FN3O6S. The zero-order chi connectivity index (χ0) is 26.0. The monoisotopic (exact) mass is 527 g/mol. The number of fused-ring (bicyclic) bond motifs is 3. The summed E-state index contributed by atoms with van der Waals surface area (Å²) in [4.78, 5) is 16.5. The van der Waals surface area contributed by atoms with Crippen LogP contribution in [0.2, 0.25) is 0 Å². The average Bonchev–Trinajstić information content (AvgIpc) is 3.25. The molecule has 3 N–H and O–H groups in total. The lowest BCUT2D eigenvalue weighted by Gasteiger charge is -2.37. The first-order valence-electron chi connectivity index (χ1n) is 11.8. The SMILES string of the molecule is O=C(C[C@H]1C[C@H]2c3cc(NS(=O)(=O)c4ccc(F)cc4)ccc3O[C@H]2[C@H](CO)O1)NCc1ccncc1. The number of aliphatic hydroxyl groups is 1. The lowest BCUT2D eigenvalue weighted by molar-refractivity contribution is -0.142. The molecule has 1 saturated heterocycles. The number of carbonyl (C=O) groups excluding carboxylic acids is 1. The minimum atomic E-state index is -3.93. The molecule has 37 heavy (non-hydrogen) atoms. The molecule has 5 rings (SSSR count). The predicted octanol–water partition coefficient (Wildman–Crippen LogP) is 2.72. The Morgan fingerprint density at radius 1 is 1.11 bits per heavy atom. The fourth-order valence-corrected chi connectivity index (χ4v) is 5.81. The van der Waals surface area contributed by atoms with Crippen molar-refractivity contribution >= 4 is 21.6 Å². The Labute approximate surface area is 213 Å². The number of aromatic nitrogens is 1. The van der Waals surface area contributed by atoms with E-state index in [0.717, 1.165) is 23.3 Å². The van der Waals surface area contributed by atoms with Gasteiger partial charge in [0.25, 0.3) is 10.0 Å². The molecule has 2 aliphatic heterocycles. The molecule has 0 bridgehead atoms. The quantitative estimate of drug-likeness (QED) is 0.411. The van der Waals surface area contributed by atoms with Crippen molar-refractivity contribution in [3.63, 3.8) is 0 Å². The van der Waals surface area contributed by atoms with E-state index in [1.165, 1.54) is 12.1 Å². The van der Waals surface area contributed by atoms with Gasteiger partial charge in [-0.25, -0.2) is 12.8 Å². The van der Waals surface area contributed by atoms with Gasteiger partial charge in [0.1, 0.15) is 23.8 Å². The van der Waals surface area contributed by atoms with Gasteiger partial charge in [-0.2, -0.15) is 0 Å². The van der Waals surface area contributed by atoms with Gasteiger partial charge in [-0.05, 0) is 66.6 Å². The number of sulfonamides is 1. The number of amides is 1. The highest BCUT2D eigenvalue weighted by atomic mass is 32.2. The Balaban J connectivity index is 1.29. The van der Waals surface area contributed by atoms with Crippen molar-refractivity contribution in [3.05, 3.63) is 83.9 Å². The zero-order valence-corrected chi connectivity index (χ0v) is 20.5. The number of benzene rings is 2. The molecule has 3 heterocycles. The van der Waals surface area contributed by atoms with Crippen LogP contribution in [0.15, 0.2) is 71.9 Å². The first-order valence-corrected chi connectivity index (χ1v) is 13.3. The molecular weight excluding hydrogens is 501 g/mol. The van der Waals surface area contributed by atoms with Gasteiger partial charge in [-0.3, -0.25) is 14.5 Å². The Kier molecular flexibility index (Phi) is 7.09. The number of ether oxygens (including phenoxy) is 2. The molecule has 9 nitrogen and oxygen atoms in total. The van der Waals surface area contributed by atoms with E-state index in [2.05, 4.69) is 15.0 Å². The number of nitrogens with one attached hydrogen (secondary N) is 2. The van der Waals surface area contributed by atoms with Gasteiger partial charge in [0, 0.05) is 36.1 Å². The lowest BCUT2D eigenvalue weighted by atomic mass is 9.84. The maximum atomic E-state index is 13.2. The Morgan fingerprint density at radius 2 is 1.86 bits per heavy atom. The molecule has 1 fully saturated rings. The summed E-state index contributed by atoms with van der Waals surface area (Å²) < 4.78 is 53.3. The summed E-state index contributed by atoms with van der Waals surface area (Å²) in [5.41, 5.74) is 2.02. The van der Waals surface area contributed by atoms with Gasteiger partial charge in [0.15, 0.2) is 0 Å². The highest BCUT2D eigenvalue weighted by molar-refractivity contribution is 7.92. The molecule has 4 atom stereocenters. The summed E-state index contributed by atoms with van der Waals surface area (Å²) >= 11 is 0. The summed E-state index contributed by atoms with van der Waals surface area (Å²) in [5.74, 6) is -0.339. The van der Waals surface area contributed by atoms with Crippen molar-refractivity contribution in [2.75, 3.05) is 11.3 Å². The van der Waals surface area contributed by atoms with Crippen molar-refractivity contribution in [1.82, 2.24) is 10.3 Å². The van der Waals surface area contributed by atoms with E-state index < -0.39 is 34.2 Å². The molecule has 0 spiro atoms. The number of pyridine rings is 1. The van der Waals surface area contributed by atoms with Gasteiger partial charge in [-0.1, -0.05) is 0 Å². The van der Waals surface area contributed by atoms with Crippen LogP contribution in [0.25, 0.3) is 0 Å². The second kappa shape index (κ2) is 10.4. The minimum absolute atomic E-state index is 0.0622. The molecule has 0 saturated carbocycles. The van der Waals surface area contributed by atoms with Crippen molar-refractivity contribution < 1.29 is 32.2 Å². The summed E-state index contributed by atoms with van der Waals surface area (Å²) in [6.45, 7) is 0.0847. The number of hydrogen-bond donors (Lipinski definition) is 3. The number of anilines is 1. The Hall–Kier alpha value is -3.54. The predicted molar refractivity (Wildman–Crippen MR) is 132 cm³/mol. The number of aliphatic hydroxyl groups excluding tert-OH is 1. The highest BCUT2D eigenvalue weighted by Crippen LogP contribution is 2.47. The van der Waals surface area contributed by atoms with E-state index in [1.807, 2.05) is 12.1 Å². The number of halogens is 1. The Morgan fingerprint density at radius 3 is 2.59 bits per heavy atom. The maximum absolute atomic E-state index is 13.2. The normalized spacial score (nSPS) is 22.4. The van der Waals surface area contributed by atoms with Gasteiger partial charge in [-0.15, -0.1) is 0 Å². The van der Waals surface area contributed by atoms with E-state index in [9.17, 15) is 22.7 Å². The molecule has 2 aliphatic rings. The molecule has 0 aliphatic carbocycles. The topological polar surface area (TPSA) is 127 Å². The molecule has 0 unspecified atom stereocenters. The number of carbonyl (C=O) groups is 1. The van der Waals surface area contributed by atoms with E-state index in [4.69, 9.17) is 9.47 Å². The molecule has 1 aromatic heterocycles. The van der Waals surface area contributed by atoms with Gasteiger partial charge < -0.3 is 19.9 Å². The van der Waals surface area contributed by atoms with Crippen LogP contribution in [-0.4, -0.2) is 49.3 Å². The lowest BCUT2D eigenvalue weighted by Crippen LogP contribution is -2.47. The van der Waals surface area contributed by atoms with E-state index in [1.54, 1.807) is 30.6 Å². The van der Waals surface area contributed by atoms with Crippen LogP contribution in [0.1, 0.15) is 29.9 Å². The number of hydrogen-bond acceptors (Lipinski definition) is 7. The smallest absolute Gasteiger partial charge is 0.261 e. The summed E-state index contributed by atoms with van der Waals surface area (Å²) in [6.07, 6.45) is 2.34. The fourth-order valence-electron chi connectivity index (χ4n) is 4.76. The Bertz CT molecular complexity index is 1370. The molecule has 194 valence electrons. The van der Waals surface area contributed by atoms with Crippen LogP contribution in [-0.2, 0) is 26.1 Å². The van der Waals surface area contributed by atoms with Gasteiger partial charge >= 0.3 is 0 Å². The number of nitrogens with zero attached hydrogens (tertiary/aromatic N) is 1. The second-order valence-electron chi connectivity index (χ2n) is 9.05. The van der Waals surface area contributed by atoms with Crippen molar-refractivity contribution in [1.29, 1.82) is 0 Å². The van der Waals surface area contributed by atoms with Gasteiger partial charge in [0.05, 0.1) is 24.0 Å². The average molecular weight is 528 g/mol. The third-order valence-electron chi connectivity index (χ3n) is 6.53. The fraction of sp³-hybridized carbons (Fsp3) is 0.308. The number of rotatable bonds is 8. The van der Waals surface area contributed by atoms with Crippen molar-refractivity contribution in [2.24, 2.45) is 0 Å². The second-order valence-corrected chi connectivity index (χ2v) is 10.7. The summed E-state index contributed by atoms with van der Waals surface area (Å²) in [6, 6.07) is 13.1. The molecule has 0 radical (unpaired) electrons. The van der Waals surface area contributed by atoms with Crippen molar-refractivity contribution in [3.8, 4) is 5.75 Å². The summed E-state index contributed by atoms with van der Waals surface area (Å²) in [5, 5.41) is 12.8. The van der Waals surface area contributed by atoms with Crippen LogP contribution in [0.4, 0.5) is 10.1 Å². The van der Waals surface area contributed by atoms with E-state index >= 15 is 0 Å². The van der Waals surface area contributed by atoms with Crippen LogP contribution in [0.5, 0.6) is 5.75 Å². The van der Waals surface area contributed by atoms with Crippen LogP contribution >= 0.6 is 0 Å². The van der Waals surface area contributed by atoms with Crippen LogP contribution in [0.3, 0.4) is 0 Å². The maximum Gasteiger partial charge on any atom is 0.261 e. The third kappa shape index (κ3) is 5.58. The van der Waals surface area contributed by atoms with Crippen LogP contribution < -0.4 is 14.8 Å². The van der Waals surface area contributed by atoms with E-state index in [0.29, 0.717) is 24.4 Å². The largest absolute Gasteiger partial charge is 0.487 e. The molecule has 3 aromatic rings. The molecule has 1 amide bonds. The molecule has 2 aromatic carbocycles. The van der Waals surface area contributed by atoms with Gasteiger partial charge in [0.2, 0.25) is 5.91 Å². The minimum Gasteiger partial charge on any atom is -0.487 e. The third-order valence-corrected chi connectivity index (χ3v) is 7.92. The first-order chi connectivity index (χ1) is 17.8. The summed E-state index contributed by atoms with van der Waals surface area (Å²) in [7, 11) is -3.93.